The molecule has 3 N–H and O–H groups in total. The van der Waals surface area contributed by atoms with Gasteiger partial charge in [-0.05, 0) is 26.7 Å². The maximum atomic E-state index is 11.4. The fourth-order valence-corrected chi connectivity index (χ4v) is 0.884. The van der Waals surface area contributed by atoms with Crippen molar-refractivity contribution in [3.05, 3.63) is 0 Å². The van der Waals surface area contributed by atoms with E-state index in [4.69, 9.17) is 10.5 Å². The lowest BCUT2D eigenvalue weighted by molar-refractivity contribution is -0.166. The summed E-state index contributed by atoms with van der Waals surface area (Å²) in [5, 5.41) is 9.52. The van der Waals surface area contributed by atoms with Gasteiger partial charge in [0, 0.05) is 6.04 Å². The highest BCUT2D eigenvalue weighted by molar-refractivity contribution is 5.75. The summed E-state index contributed by atoms with van der Waals surface area (Å²) in [7, 11) is 0. The van der Waals surface area contributed by atoms with E-state index in [9.17, 15) is 9.90 Å². The van der Waals surface area contributed by atoms with Crippen molar-refractivity contribution >= 4 is 5.97 Å². The van der Waals surface area contributed by atoms with Crippen LogP contribution in [0, 0.1) is 5.92 Å². The third-order valence-corrected chi connectivity index (χ3v) is 1.78. The summed E-state index contributed by atoms with van der Waals surface area (Å²) in [5.74, 6) is -0.615. The lowest BCUT2D eigenvalue weighted by Crippen LogP contribution is -2.46. The van der Waals surface area contributed by atoms with Gasteiger partial charge in [-0.1, -0.05) is 13.8 Å². The standard InChI is InChI=1S/C10H21NO3/c1-6(2)7(11)8(12)9(13)14-10(3,4)5/h6-8,12H,11H2,1-5H3. The van der Waals surface area contributed by atoms with Gasteiger partial charge in [-0.3, -0.25) is 0 Å². The largest absolute Gasteiger partial charge is 0.458 e. The Hall–Kier alpha value is -0.610. The number of ether oxygens (including phenoxy) is 1. The highest BCUT2D eigenvalue weighted by Crippen LogP contribution is 2.11. The monoisotopic (exact) mass is 203 g/mol. The molecule has 0 aromatic heterocycles. The van der Waals surface area contributed by atoms with Crippen LogP contribution in [0.15, 0.2) is 0 Å². The van der Waals surface area contributed by atoms with Crippen molar-refractivity contribution in [3.63, 3.8) is 0 Å². The van der Waals surface area contributed by atoms with Gasteiger partial charge >= 0.3 is 5.97 Å². The molecule has 0 aliphatic heterocycles. The van der Waals surface area contributed by atoms with Crippen molar-refractivity contribution in [1.29, 1.82) is 0 Å². The number of hydrogen-bond donors (Lipinski definition) is 2. The van der Waals surface area contributed by atoms with Crippen LogP contribution in [0.2, 0.25) is 0 Å². The summed E-state index contributed by atoms with van der Waals surface area (Å²) < 4.78 is 5.00. The second-order valence-electron chi connectivity index (χ2n) is 4.80. The quantitative estimate of drug-likeness (QED) is 0.661. The third kappa shape index (κ3) is 4.58. The fourth-order valence-electron chi connectivity index (χ4n) is 0.884. The first-order chi connectivity index (χ1) is 6.15. The Bertz CT molecular complexity index is 196. The highest BCUT2D eigenvalue weighted by Gasteiger charge is 2.29. The van der Waals surface area contributed by atoms with Gasteiger partial charge in [0.15, 0.2) is 6.10 Å². The summed E-state index contributed by atoms with van der Waals surface area (Å²) in [4.78, 5) is 11.4. The lowest BCUT2D eigenvalue weighted by atomic mass is 9.99. The van der Waals surface area contributed by atoms with E-state index in [-0.39, 0.29) is 5.92 Å². The zero-order chi connectivity index (χ0) is 11.5. The number of hydrogen-bond acceptors (Lipinski definition) is 4. The van der Waals surface area contributed by atoms with Crippen molar-refractivity contribution in [3.8, 4) is 0 Å². The molecule has 0 amide bonds. The van der Waals surface area contributed by atoms with E-state index in [2.05, 4.69) is 0 Å². The maximum absolute atomic E-state index is 11.4. The molecule has 0 aromatic rings. The Kier molecular flexibility index (Phi) is 4.55. The number of rotatable bonds is 3. The first-order valence-corrected chi connectivity index (χ1v) is 4.81. The number of carbonyl (C=O) groups excluding carboxylic acids is 1. The Morgan fingerprint density at radius 2 is 1.79 bits per heavy atom. The Balaban J connectivity index is 4.26. The van der Waals surface area contributed by atoms with Crippen LogP contribution in [-0.2, 0) is 9.53 Å². The van der Waals surface area contributed by atoms with Gasteiger partial charge in [-0.25, -0.2) is 4.79 Å². The van der Waals surface area contributed by atoms with E-state index < -0.39 is 23.7 Å². The molecule has 14 heavy (non-hydrogen) atoms. The Morgan fingerprint density at radius 1 is 1.36 bits per heavy atom. The molecule has 0 aliphatic carbocycles. The molecule has 0 saturated carbocycles. The molecule has 0 spiro atoms. The SMILES string of the molecule is CC(C)C(N)C(O)C(=O)OC(C)(C)C. The normalized spacial score (nSPS) is 16.6. The first-order valence-electron chi connectivity index (χ1n) is 4.81. The van der Waals surface area contributed by atoms with Crippen LogP contribution in [0.1, 0.15) is 34.6 Å². The van der Waals surface area contributed by atoms with Gasteiger partial charge < -0.3 is 15.6 Å². The lowest BCUT2D eigenvalue weighted by Gasteiger charge is -2.25. The van der Waals surface area contributed by atoms with E-state index in [1.54, 1.807) is 20.8 Å². The molecule has 0 aromatic carbocycles. The molecule has 0 heterocycles. The summed E-state index contributed by atoms with van der Waals surface area (Å²) in [6.45, 7) is 8.94. The molecular weight excluding hydrogens is 182 g/mol. The van der Waals surface area contributed by atoms with E-state index in [0.717, 1.165) is 0 Å². The van der Waals surface area contributed by atoms with Crippen LogP contribution in [0.25, 0.3) is 0 Å². The predicted molar refractivity (Wildman–Crippen MR) is 54.7 cm³/mol. The topological polar surface area (TPSA) is 72.5 Å². The van der Waals surface area contributed by atoms with E-state index >= 15 is 0 Å². The summed E-state index contributed by atoms with van der Waals surface area (Å²) >= 11 is 0. The molecule has 0 radical (unpaired) electrons. The molecule has 0 rings (SSSR count). The van der Waals surface area contributed by atoms with Crippen LogP contribution < -0.4 is 5.73 Å². The fraction of sp³-hybridized carbons (Fsp3) is 0.900. The van der Waals surface area contributed by atoms with Crippen molar-refractivity contribution in [2.75, 3.05) is 0 Å². The van der Waals surface area contributed by atoms with E-state index in [1.807, 2.05) is 13.8 Å². The molecule has 0 saturated heterocycles. The first kappa shape index (κ1) is 13.4. The number of carbonyl (C=O) groups is 1. The highest BCUT2D eigenvalue weighted by atomic mass is 16.6. The van der Waals surface area contributed by atoms with Crippen LogP contribution in [0.3, 0.4) is 0 Å². The smallest absolute Gasteiger partial charge is 0.337 e. The van der Waals surface area contributed by atoms with E-state index in [0.29, 0.717) is 0 Å². The van der Waals surface area contributed by atoms with Gasteiger partial charge in [0.1, 0.15) is 5.60 Å². The number of aliphatic hydroxyl groups excluding tert-OH is 1. The average molecular weight is 203 g/mol. The molecular formula is C10H21NO3. The molecule has 4 nitrogen and oxygen atoms in total. The van der Waals surface area contributed by atoms with Crippen molar-refractivity contribution < 1.29 is 14.6 Å². The minimum Gasteiger partial charge on any atom is -0.458 e. The summed E-state index contributed by atoms with van der Waals surface area (Å²) in [5.41, 5.74) is 5.04. The van der Waals surface area contributed by atoms with Crippen molar-refractivity contribution in [2.45, 2.75) is 52.4 Å². The average Bonchev–Trinajstić information content (AvgIpc) is 1.98. The van der Waals surface area contributed by atoms with Crippen LogP contribution in [0.4, 0.5) is 0 Å². The third-order valence-electron chi connectivity index (χ3n) is 1.78. The zero-order valence-corrected chi connectivity index (χ0v) is 9.57. The minimum atomic E-state index is -1.24. The molecule has 0 aliphatic rings. The molecule has 84 valence electrons. The van der Waals surface area contributed by atoms with Crippen molar-refractivity contribution in [1.82, 2.24) is 0 Å². The molecule has 2 atom stereocenters. The maximum Gasteiger partial charge on any atom is 0.337 e. The van der Waals surface area contributed by atoms with E-state index in [1.165, 1.54) is 0 Å². The second kappa shape index (κ2) is 4.75. The Labute approximate surface area is 85.4 Å². The van der Waals surface area contributed by atoms with Gasteiger partial charge in [-0.15, -0.1) is 0 Å². The minimum absolute atomic E-state index is 0.0394. The van der Waals surface area contributed by atoms with Gasteiger partial charge in [0.2, 0.25) is 0 Å². The molecule has 4 heteroatoms. The Morgan fingerprint density at radius 3 is 2.07 bits per heavy atom. The zero-order valence-electron chi connectivity index (χ0n) is 9.57. The van der Waals surface area contributed by atoms with Gasteiger partial charge in [-0.2, -0.15) is 0 Å². The van der Waals surface area contributed by atoms with Gasteiger partial charge in [0.25, 0.3) is 0 Å². The van der Waals surface area contributed by atoms with Gasteiger partial charge in [0.05, 0.1) is 0 Å². The number of nitrogens with two attached hydrogens (primary N) is 1. The molecule has 0 fully saturated rings. The number of esters is 1. The predicted octanol–water partition coefficient (Wildman–Crippen LogP) is 0.672. The van der Waals surface area contributed by atoms with Crippen LogP contribution >= 0.6 is 0 Å². The summed E-state index contributed by atoms with van der Waals surface area (Å²) in [6.07, 6.45) is -1.24. The van der Waals surface area contributed by atoms with Crippen molar-refractivity contribution in [2.24, 2.45) is 11.7 Å². The molecule has 0 bridgehead atoms. The summed E-state index contributed by atoms with van der Waals surface area (Å²) in [6, 6.07) is -0.579. The van der Waals surface area contributed by atoms with Crippen LogP contribution in [-0.4, -0.2) is 28.8 Å². The second-order valence-corrected chi connectivity index (χ2v) is 4.80. The number of aliphatic hydroxyl groups is 1. The van der Waals surface area contributed by atoms with Crippen LogP contribution in [0.5, 0.6) is 0 Å². The molecule has 2 unspecified atom stereocenters.